The van der Waals surface area contributed by atoms with Crippen LogP contribution in [-0.4, -0.2) is 30.3 Å². The van der Waals surface area contributed by atoms with Gasteiger partial charge in [0.25, 0.3) is 5.91 Å². The number of hydrogen-bond donors (Lipinski definition) is 2. The molecule has 110 valence electrons. The van der Waals surface area contributed by atoms with Gasteiger partial charge in [0, 0.05) is 12.6 Å². The minimum Gasteiger partial charge on any atom is -0.484 e. The Morgan fingerprint density at radius 2 is 1.90 bits per heavy atom. The Morgan fingerprint density at radius 1 is 1.25 bits per heavy atom. The molecule has 1 fully saturated rings. The lowest BCUT2D eigenvalue weighted by atomic mass is 9.86. The van der Waals surface area contributed by atoms with Gasteiger partial charge in [0.2, 0.25) is 0 Å². The Balaban J connectivity index is 1.69. The van der Waals surface area contributed by atoms with Crippen molar-refractivity contribution in [3.8, 4) is 5.75 Å². The molecule has 1 aromatic rings. The number of amides is 1. The highest BCUT2D eigenvalue weighted by Crippen LogP contribution is 2.23. The topological polar surface area (TPSA) is 58.6 Å². The fourth-order valence-corrected chi connectivity index (χ4v) is 2.44. The van der Waals surface area contributed by atoms with E-state index in [9.17, 15) is 9.18 Å². The summed E-state index contributed by atoms with van der Waals surface area (Å²) in [5.74, 6) is 0.355. The lowest BCUT2D eigenvalue weighted by Crippen LogP contribution is -2.40. The van der Waals surface area contributed by atoms with Gasteiger partial charge < -0.3 is 15.2 Å². The van der Waals surface area contributed by atoms with Crippen LogP contribution < -0.4 is 10.1 Å². The molecule has 0 unspecified atom stereocenters. The second kappa shape index (κ2) is 7.24. The molecule has 2 rings (SSSR count). The van der Waals surface area contributed by atoms with Crippen molar-refractivity contribution >= 4 is 5.91 Å². The van der Waals surface area contributed by atoms with Gasteiger partial charge >= 0.3 is 0 Å². The van der Waals surface area contributed by atoms with E-state index in [4.69, 9.17) is 9.84 Å². The highest BCUT2D eigenvalue weighted by Gasteiger charge is 2.21. The van der Waals surface area contributed by atoms with E-state index in [1.54, 1.807) is 0 Å². The Labute approximate surface area is 117 Å². The predicted octanol–water partition coefficient (Wildman–Crippen LogP) is 1.87. The van der Waals surface area contributed by atoms with Gasteiger partial charge in [0.05, 0.1) is 0 Å². The Hall–Kier alpha value is -1.62. The SMILES string of the molecule is O=C(COc1ccc(F)cc1)NC1CCC(CO)CC1. The minimum absolute atomic E-state index is 0.0639. The molecule has 0 saturated heterocycles. The Bertz CT molecular complexity index is 427. The van der Waals surface area contributed by atoms with Crippen LogP contribution in [0.15, 0.2) is 24.3 Å². The van der Waals surface area contributed by atoms with Crippen molar-refractivity contribution in [2.24, 2.45) is 5.92 Å². The first-order valence-electron chi connectivity index (χ1n) is 6.96. The maximum Gasteiger partial charge on any atom is 0.258 e. The molecular formula is C15H20FNO3. The van der Waals surface area contributed by atoms with Gasteiger partial charge in [-0.25, -0.2) is 4.39 Å². The summed E-state index contributed by atoms with van der Waals surface area (Å²) in [5, 5.41) is 12.0. The van der Waals surface area contributed by atoms with Crippen molar-refractivity contribution in [3.63, 3.8) is 0 Å². The van der Waals surface area contributed by atoms with Crippen LogP contribution in [-0.2, 0) is 4.79 Å². The van der Waals surface area contributed by atoms with Crippen LogP contribution in [0.5, 0.6) is 5.75 Å². The lowest BCUT2D eigenvalue weighted by molar-refractivity contribution is -0.124. The van der Waals surface area contributed by atoms with Gasteiger partial charge in [0.15, 0.2) is 6.61 Å². The van der Waals surface area contributed by atoms with Crippen molar-refractivity contribution in [1.82, 2.24) is 5.32 Å². The predicted molar refractivity (Wildman–Crippen MR) is 72.9 cm³/mol. The van der Waals surface area contributed by atoms with Gasteiger partial charge in [-0.2, -0.15) is 0 Å². The Morgan fingerprint density at radius 3 is 2.50 bits per heavy atom. The zero-order valence-electron chi connectivity index (χ0n) is 11.3. The first-order valence-corrected chi connectivity index (χ1v) is 6.96. The third-order valence-corrected chi connectivity index (χ3v) is 3.65. The second-order valence-electron chi connectivity index (χ2n) is 5.21. The molecule has 4 nitrogen and oxygen atoms in total. The quantitative estimate of drug-likeness (QED) is 0.866. The van der Waals surface area contributed by atoms with Crippen molar-refractivity contribution in [2.75, 3.05) is 13.2 Å². The number of ether oxygens (including phenoxy) is 1. The van der Waals surface area contributed by atoms with Crippen LogP contribution in [0.2, 0.25) is 0 Å². The maximum atomic E-state index is 12.7. The van der Waals surface area contributed by atoms with Gasteiger partial charge in [-0.05, 0) is 55.9 Å². The number of halogens is 1. The molecule has 0 aliphatic heterocycles. The van der Waals surface area contributed by atoms with Gasteiger partial charge in [0.1, 0.15) is 11.6 Å². The molecule has 2 N–H and O–H groups in total. The average Bonchev–Trinajstić information content (AvgIpc) is 2.47. The molecule has 0 bridgehead atoms. The molecule has 20 heavy (non-hydrogen) atoms. The Kier molecular flexibility index (Phi) is 5.35. The summed E-state index contributed by atoms with van der Waals surface area (Å²) >= 11 is 0. The van der Waals surface area contributed by atoms with E-state index in [0.29, 0.717) is 11.7 Å². The summed E-state index contributed by atoms with van der Waals surface area (Å²) in [4.78, 5) is 11.7. The molecule has 1 aliphatic rings. The van der Waals surface area contributed by atoms with Crippen LogP contribution in [0.4, 0.5) is 4.39 Å². The third-order valence-electron chi connectivity index (χ3n) is 3.65. The standard InChI is InChI=1S/C15H20FNO3/c16-12-3-7-14(8-4-12)20-10-15(19)17-13-5-1-11(9-18)2-6-13/h3-4,7-8,11,13,18H,1-2,5-6,9-10H2,(H,17,19). The number of aliphatic hydroxyl groups is 1. The van der Waals surface area contributed by atoms with Crippen LogP contribution >= 0.6 is 0 Å². The fourth-order valence-electron chi connectivity index (χ4n) is 2.44. The number of benzene rings is 1. The first kappa shape index (κ1) is 14.8. The van der Waals surface area contributed by atoms with E-state index in [-0.39, 0.29) is 31.0 Å². The summed E-state index contributed by atoms with van der Waals surface area (Å²) in [5.41, 5.74) is 0. The first-order chi connectivity index (χ1) is 9.67. The van der Waals surface area contributed by atoms with Gasteiger partial charge in [-0.1, -0.05) is 0 Å². The smallest absolute Gasteiger partial charge is 0.258 e. The molecule has 0 heterocycles. The maximum absolute atomic E-state index is 12.7. The molecule has 1 aliphatic carbocycles. The number of hydrogen-bond acceptors (Lipinski definition) is 3. The number of aliphatic hydroxyl groups excluding tert-OH is 1. The lowest BCUT2D eigenvalue weighted by Gasteiger charge is -2.27. The largest absolute Gasteiger partial charge is 0.484 e. The number of nitrogens with one attached hydrogen (secondary N) is 1. The van der Waals surface area contributed by atoms with Crippen molar-refractivity contribution < 1.29 is 19.0 Å². The zero-order chi connectivity index (χ0) is 14.4. The summed E-state index contributed by atoms with van der Waals surface area (Å²) < 4.78 is 18.0. The molecule has 5 heteroatoms. The van der Waals surface area contributed by atoms with E-state index in [1.165, 1.54) is 24.3 Å². The molecular weight excluding hydrogens is 261 g/mol. The van der Waals surface area contributed by atoms with E-state index in [0.717, 1.165) is 25.7 Å². The van der Waals surface area contributed by atoms with Crippen LogP contribution in [0, 0.1) is 11.7 Å². The summed E-state index contributed by atoms with van der Waals surface area (Å²) in [6.45, 7) is 0.167. The van der Waals surface area contributed by atoms with Crippen LogP contribution in [0.25, 0.3) is 0 Å². The molecule has 1 aromatic carbocycles. The monoisotopic (exact) mass is 281 g/mol. The van der Waals surface area contributed by atoms with Crippen molar-refractivity contribution in [1.29, 1.82) is 0 Å². The van der Waals surface area contributed by atoms with E-state index in [2.05, 4.69) is 5.32 Å². The summed E-state index contributed by atoms with van der Waals surface area (Å²) in [6, 6.07) is 5.75. The van der Waals surface area contributed by atoms with E-state index in [1.807, 2.05) is 0 Å². The molecule has 0 atom stereocenters. The molecule has 0 radical (unpaired) electrons. The highest BCUT2D eigenvalue weighted by atomic mass is 19.1. The van der Waals surface area contributed by atoms with Crippen LogP contribution in [0.1, 0.15) is 25.7 Å². The number of rotatable bonds is 5. The van der Waals surface area contributed by atoms with E-state index < -0.39 is 0 Å². The van der Waals surface area contributed by atoms with Gasteiger partial charge in [-0.3, -0.25) is 4.79 Å². The summed E-state index contributed by atoms with van der Waals surface area (Å²) in [7, 11) is 0. The molecule has 0 aromatic heterocycles. The number of carbonyl (C=O) groups excluding carboxylic acids is 1. The van der Waals surface area contributed by atoms with E-state index >= 15 is 0 Å². The van der Waals surface area contributed by atoms with Crippen LogP contribution in [0.3, 0.4) is 0 Å². The van der Waals surface area contributed by atoms with Crippen molar-refractivity contribution in [3.05, 3.63) is 30.1 Å². The summed E-state index contributed by atoms with van der Waals surface area (Å²) in [6.07, 6.45) is 3.68. The minimum atomic E-state index is -0.331. The second-order valence-corrected chi connectivity index (χ2v) is 5.21. The van der Waals surface area contributed by atoms with Crippen molar-refractivity contribution in [2.45, 2.75) is 31.7 Å². The zero-order valence-corrected chi connectivity index (χ0v) is 11.3. The average molecular weight is 281 g/mol. The third kappa shape index (κ3) is 4.49. The highest BCUT2D eigenvalue weighted by molar-refractivity contribution is 5.77. The molecule has 1 amide bonds. The number of carbonyl (C=O) groups is 1. The fraction of sp³-hybridized carbons (Fsp3) is 0.533. The molecule has 0 spiro atoms. The van der Waals surface area contributed by atoms with Gasteiger partial charge in [-0.15, -0.1) is 0 Å². The normalized spacial score (nSPS) is 22.3. The molecule has 1 saturated carbocycles.